The Morgan fingerprint density at radius 3 is 2.75 bits per heavy atom. The van der Waals surface area contributed by atoms with Crippen LogP contribution in [0.25, 0.3) is 0 Å². The zero-order valence-corrected chi connectivity index (χ0v) is 13.2. The number of halogens is 2. The Morgan fingerprint density at radius 1 is 1.30 bits per heavy atom. The van der Waals surface area contributed by atoms with Crippen LogP contribution < -0.4 is 10.5 Å². The number of nitrogens with two attached hydrogens (primary N) is 1. The first-order chi connectivity index (χ1) is 9.54. The summed E-state index contributed by atoms with van der Waals surface area (Å²) in [6.45, 7) is 2.34. The maximum atomic E-state index is 12.6. The van der Waals surface area contributed by atoms with Crippen molar-refractivity contribution in [3.05, 3.63) is 57.0 Å². The van der Waals surface area contributed by atoms with Gasteiger partial charge >= 0.3 is 0 Å². The molecule has 0 aromatic heterocycles. The highest BCUT2D eigenvalue weighted by atomic mass is 79.9. The van der Waals surface area contributed by atoms with Crippen LogP contribution in [0.5, 0.6) is 5.75 Å². The number of ether oxygens (including phenoxy) is 1. The summed E-state index contributed by atoms with van der Waals surface area (Å²) in [4.78, 5) is 12.6. The normalized spacial score (nSPS) is 10.3. The summed E-state index contributed by atoms with van der Waals surface area (Å²) in [7, 11) is 0. The highest BCUT2D eigenvalue weighted by Crippen LogP contribution is 2.30. The van der Waals surface area contributed by atoms with E-state index in [2.05, 4.69) is 15.9 Å². The van der Waals surface area contributed by atoms with Crippen molar-refractivity contribution in [1.82, 2.24) is 0 Å². The molecule has 20 heavy (non-hydrogen) atoms. The Kier molecular flexibility index (Phi) is 4.68. The Bertz CT molecular complexity index is 658. The minimum atomic E-state index is -0.216. The van der Waals surface area contributed by atoms with E-state index in [-0.39, 0.29) is 10.8 Å². The van der Waals surface area contributed by atoms with Gasteiger partial charge in [-0.2, -0.15) is 0 Å². The molecule has 2 aromatic rings. The number of nitrogen functional groups attached to an aromatic ring is 1. The predicted molar refractivity (Wildman–Crippen MR) is 84.6 cm³/mol. The molecule has 0 amide bonds. The molecule has 5 heteroatoms. The van der Waals surface area contributed by atoms with Gasteiger partial charge in [0.1, 0.15) is 5.75 Å². The molecule has 0 aliphatic rings. The van der Waals surface area contributed by atoms with Gasteiger partial charge in [-0.05, 0) is 37.3 Å². The summed E-state index contributed by atoms with van der Waals surface area (Å²) < 4.78 is 6.28. The maximum absolute atomic E-state index is 12.6. The molecular formula is C15H13BrClNO2. The molecule has 2 aromatic carbocycles. The predicted octanol–water partition coefficient (Wildman–Crippen LogP) is 4.31. The largest absolute Gasteiger partial charge is 0.493 e. The molecule has 0 aliphatic carbocycles. The second-order valence-corrected chi connectivity index (χ2v) is 5.41. The number of hydrogen-bond donors (Lipinski definition) is 1. The van der Waals surface area contributed by atoms with Crippen LogP contribution in [-0.4, -0.2) is 12.4 Å². The van der Waals surface area contributed by atoms with E-state index in [0.29, 0.717) is 29.2 Å². The molecule has 3 nitrogen and oxygen atoms in total. The van der Waals surface area contributed by atoms with Crippen molar-refractivity contribution >= 4 is 39.0 Å². The minimum absolute atomic E-state index is 0.216. The van der Waals surface area contributed by atoms with Crippen molar-refractivity contribution in [2.45, 2.75) is 6.92 Å². The maximum Gasteiger partial charge on any atom is 0.198 e. The smallest absolute Gasteiger partial charge is 0.198 e. The third kappa shape index (κ3) is 2.97. The summed E-state index contributed by atoms with van der Waals surface area (Å²) in [6, 6.07) is 10.3. The fourth-order valence-electron chi connectivity index (χ4n) is 1.83. The Balaban J connectivity index is 2.52. The molecule has 0 heterocycles. The first-order valence-electron chi connectivity index (χ1n) is 6.05. The van der Waals surface area contributed by atoms with E-state index in [1.54, 1.807) is 30.3 Å². The van der Waals surface area contributed by atoms with Crippen LogP contribution in [0.3, 0.4) is 0 Å². The molecule has 0 atom stereocenters. The van der Waals surface area contributed by atoms with Gasteiger partial charge in [-0.3, -0.25) is 4.79 Å². The SMILES string of the molecule is CCOc1ccc(Br)cc1C(=O)c1cccc(N)c1Cl. The zero-order chi connectivity index (χ0) is 14.7. The minimum Gasteiger partial charge on any atom is -0.493 e. The molecule has 0 radical (unpaired) electrons. The summed E-state index contributed by atoms with van der Waals surface area (Å²) >= 11 is 9.46. The highest BCUT2D eigenvalue weighted by Gasteiger charge is 2.18. The number of anilines is 1. The molecule has 2 N–H and O–H groups in total. The topological polar surface area (TPSA) is 52.3 Å². The van der Waals surface area contributed by atoms with Crippen LogP contribution in [0.2, 0.25) is 5.02 Å². The fourth-order valence-corrected chi connectivity index (χ4v) is 2.40. The van der Waals surface area contributed by atoms with E-state index < -0.39 is 0 Å². The van der Waals surface area contributed by atoms with Crippen molar-refractivity contribution in [1.29, 1.82) is 0 Å². The standard InChI is InChI=1S/C15H13BrClNO2/c1-2-20-13-7-6-9(16)8-11(13)15(19)10-4-3-5-12(18)14(10)17/h3-8H,2,18H2,1H3. The number of hydrogen-bond acceptors (Lipinski definition) is 3. The third-order valence-corrected chi connectivity index (χ3v) is 3.67. The van der Waals surface area contributed by atoms with Crippen molar-refractivity contribution in [3.63, 3.8) is 0 Å². The van der Waals surface area contributed by atoms with Crippen LogP contribution in [0.15, 0.2) is 40.9 Å². The lowest BCUT2D eigenvalue weighted by atomic mass is 10.0. The molecule has 0 bridgehead atoms. The summed E-state index contributed by atoms with van der Waals surface area (Å²) in [5, 5.41) is 0.264. The lowest BCUT2D eigenvalue weighted by Crippen LogP contribution is -2.07. The Morgan fingerprint density at radius 2 is 2.05 bits per heavy atom. The first kappa shape index (κ1) is 14.9. The number of carbonyl (C=O) groups is 1. The van der Waals surface area contributed by atoms with E-state index in [9.17, 15) is 4.79 Å². The molecule has 0 spiro atoms. The number of carbonyl (C=O) groups excluding carboxylic acids is 1. The van der Waals surface area contributed by atoms with Crippen LogP contribution in [0, 0.1) is 0 Å². The van der Waals surface area contributed by atoms with Crippen LogP contribution in [0.4, 0.5) is 5.69 Å². The molecule has 0 saturated heterocycles. The first-order valence-corrected chi connectivity index (χ1v) is 7.22. The van der Waals surface area contributed by atoms with Crippen molar-refractivity contribution in [3.8, 4) is 5.75 Å². The number of benzene rings is 2. The van der Waals surface area contributed by atoms with E-state index in [1.165, 1.54) is 0 Å². The van der Waals surface area contributed by atoms with Gasteiger partial charge in [0.05, 0.1) is 22.9 Å². The lowest BCUT2D eigenvalue weighted by Gasteiger charge is -2.11. The molecule has 0 fully saturated rings. The molecule has 2 rings (SSSR count). The second kappa shape index (κ2) is 6.29. The van der Waals surface area contributed by atoms with Crippen LogP contribution in [0.1, 0.15) is 22.8 Å². The second-order valence-electron chi connectivity index (χ2n) is 4.11. The summed E-state index contributed by atoms with van der Waals surface area (Å²) in [6.07, 6.45) is 0. The van der Waals surface area contributed by atoms with E-state index in [4.69, 9.17) is 22.1 Å². The van der Waals surface area contributed by atoms with Crippen molar-refractivity contribution in [2.24, 2.45) is 0 Å². The monoisotopic (exact) mass is 353 g/mol. The van der Waals surface area contributed by atoms with Crippen LogP contribution in [-0.2, 0) is 0 Å². The summed E-state index contributed by atoms with van der Waals surface area (Å²) in [5.41, 5.74) is 6.94. The zero-order valence-electron chi connectivity index (χ0n) is 10.8. The Hall–Kier alpha value is -1.52. The molecule has 104 valence electrons. The molecule has 0 saturated carbocycles. The highest BCUT2D eigenvalue weighted by molar-refractivity contribution is 9.10. The Labute approximate surface area is 130 Å². The number of ketones is 1. The average molecular weight is 355 g/mol. The van der Waals surface area contributed by atoms with Gasteiger partial charge in [-0.1, -0.05) is 33.6 Å². The quantitative estimate of drug-likeness (QED) is 0.657. The van der Waals surface area contributed by atoms with E-state index >= 15 is 0 Å². The van der Waals surface area contributed by atoms with Crippen LogP contribution >= 0.6 is 27.5 Å². The van der Waals surface area contributed by atoms with Gasteiger partial charge in [0, 0.05) is 10.0 Å². The van der Waals surface area contributed by atoms with Gasteiger partial charge in [0.25, 0.3) is 0 Å². The average Bonchev–Trinajstić information content (AvgIpc) is 2.43. The molecular weight excluding hydrogens is 342 g/mol. The van der Waals surface area contributed by atoms with Gasteiger partial charge < -0.3 is 10.5 Å². The number of rotatable bonds is 4. The fraction of sp³-hybridized carbons (Fsp3) is 0.133. The van der Waals surface area contributed by atoms with Gasteiger partial charge in [-0.15, -0.1) is 0 Å². The van der Waals surface area contributed by atoms with Crippen molar-refractivity contribution < 1.29 is 9.53 Å². The lowest BCUT2D eigenvalue weighted by molar-refractivity contribution is 0.103. The molecule has 0 aliphatic heterocycles. The van der Waals surface area contributed by atoms with Gasteiger partial charge in [0.2, 0.25) is 0 Å². The van der Waals surface area contributed by atoms with E-state index in [1.807, 2.05) is 13.0 Å². The van der Waals surface area contributed by atoms with Gasteiger partial charge in [0.15, 0.2) is 5.78 Å². The van der Waals surface area contributed by atoms with Gasteiger partial charge in [-0.25, -0.2) is 0 Å². The molecule has 0 unspecified atom stereocenters. The summed E-state index contributed by atoms with van der Waals surface area (Å²) in [5.74, 6) is 0.311. The van der Waals surface area contributed by atoms with Crippen molar-refractivity contribution in [2.75, 3.05) is 12.3 Å². The van der Waals surface area contributed by atoms with E-state index in [0.717, 1.165) is 4.47 Å². The third-order valence-electron chi connectivity index (χ3n) is 2.76.